The van der Waals surface area contributed by atoms with Crippen LogP contribution in [0, 0.1) is 0 Å². The summed E-state index contributed by atoms with van der Waals surface area (Å²) in [5.74, 6) is -0.662. The molecule has 0 heterocycles. The number of amides is 1. The maximum atomic E-state index is 12.4. The van der Waals surface area contributed by atoms with Crippen molar-refractivity contribution in [2.45, 2.75) is 12.0 Å². The quantitative estimate of drug-likeness (QED) is 0.639. The molecule has 0 aliphatic heterocycles. The van der Waals surface area contributed by atoms with E-state index in [9.17, 15) is 14.7 Å². The number of rotatable bonds is 6. The van der Waals surface area contributed by atoms with Crippen LogP contribution in [0.25, 0.3) is 11.1 Å². The lowest BCUT2D eigenvalue weighted by molar-refractivity contribution is -0.139. The molecule has 4 rings (SSSR count). The molecule has 3 aromatic rings. The summed E-state index contributed by atoms with van der Waals surface area (Å²) in [6.07, 6.45) is -0.778. The molecule has 2 N–H and O–H groups in total. The Morgan fingerprint density at radius 3 is 2.03 bits per heavy atom. The van der Waals surface area contributed by atoms with Crippen molar-refractivity contribution >= 4 is 12.1 Å². The zero-order valence-corrected chi connectivity index (χ0v) is 16.4. The highest BCUT2D eigenvalue weighted by Crippen LogP contribution is 2.44. The number of ether oxygens (including phenoxy) is 2. The van der Waals surface area contributed by atoms with Gasteiger partial charge >= 0.3 is 12.1 Å². The van der Waals surface area contributed by atoms with Crippen LogP contribution in [0.3, 0.4) is 0 Å². The molecule has 0 spiro atoms. The molecule has 0 aromatic heterocycles. The topological polar surface area (TPSA) is 84.9 Å². The average molecular weight is 403 g/mol. The molecule has 6 heteroatoms. The Labute approximate surface area is 174 Å². The lowest BCUT2D eigenvalue weighted by Gasteiger charge is -2.18. The second-order valence-corrected chi connectivity index (χ2v) is 7.01. The first-order valence-electron chi connectivity index (χ1n) is 9.56. The van der Waals surface area contributed by atoms with Crippen LogP contribution in [0.1, 0.15) is 28.7 Å². The van der Waals surface area contributed by atoms with Gasteiger partial charge in [-0.05, 0) is 39.9 Å². The number of nitrogens with one attached hydrogen (secondary N) is 1. The van der Waals surface area contributed by atoms with Crippen molar-refractivity contribution in [3.8, 4) is 16.9 Å². The molecule has 1 aliphatic rings. The minimum Gasteiger partial charge on any atom is -0.497 e. The minimum atomic E-state index is -1.22. The van der Waals surface area contributed by atoms with E-state index in [1.165, 1.54) is 7.11 Å². The molecule has 3 aromatic carbocycles. The maximum Gasteiger partial charge on any atom is 0.408 e. The van der Waals surface area contributed by atoms with Gasteiger partial charge < -0.3 is 19.9 Å². The summed E-state index contributed by atoms with van der Waals surface area (Å²) in [6.45, 7) is 0.120. The normalized spacial score (nSPS) is 13.1. The Morgan fingerprint density at radius 2 is 1.50 bits per heavy atom. The van der Waals surface area contributed by atoms with Gasteiger partial charge in [0.2, 0.25) is 0 Å². The molecule has 0 fully saturated rings. The van der Waals surface area contributed by atoms with Crippen molar-refractivity contribution < 1.29 is 24.2 Å². The second kappa shape index (κ2) is 8.29. The highest BCUT2D eigenvalue weighted by Gasteiger charge is 2.30. The van der Waals surface area contributed by atoms with Crippen LogP contribution in [-0.4, -0.2) is 30.9 Å². The summed E-state index contributed by atoms with van der Waals surface area (Å²) in [7, 11) is 1.53. The van der Waals surface area contributed by atoms with Crippen molar-refractivity contribution in [1.82, 2.24) is 5.32 Å². The molecular weight excluding hydrogens is 382 g/mol. The van der Waals surface area contributed by atoms with E-state index in [-0.39, 0.29) is 12.5 Å². The molecule has 1 aliphatic carbocycles. The fourth-order valence-electron chi connectivity index (χ4n) is 3.84. The number of benzene rings is 3. The molecule has 30 heavy (non-hydrogen) atoms. The van der Waals surface area contributed by atoms with E-state index in [4.69, 9.17) is 9.47 Å². The number of carbonyl (C=O) groups excluding carboxylic acids is 1. The number of methoxy groups -OCH3 is 1. The Balaban J connectivity index is 1.47. The highest BCUT2D eigenvalue weighted by atomic mass is 16.5. The van der Waals surface area contributed by atoms with Gasteiger partial charge in [-0.15, -0.1) is 0 Å². The molecule has 1 unspecified atom stereocenters. The fourth-order valence-corrected chi connectivity index (χ4v) is 3.84. The van der Waals surface area contributed by atoms with Gasteiger partial charge in [-0.3, -0.25) is 0 Å². The predicted octanol–water partition coefficient (Wildman–Crippen LogP) is 4.36. The first kappa shape index (κ1) is 19.5. The zero-order valence-electron chi connectivity index (χ0n) is 16.4. The van der Waals surface area contributed by atoms with Crippen LogP contribution in [0.4, 0.5) is 4.79 Å². The van der Waals surface area contributed by atoms with Crippen LogP contribution in [0.5, 0.6) is 5.75 Å². The first-order chi connectivity index (χ1) is 14.6. The lowest BCUT2D eigenvalue weighted by Crippen LogP contribution is -2.34. The van der Waals surface area contributed by atoms with Crippen molar-refractivity contribution in [2.24, 2.45) is 0 Å². The van der Waals surface area contributed by atoms with Crippen LogP contribution < -0.4 is 10.1 Å². The number of hydrogen-bond acceptors (Lipinski definition) is 4. The van der Waals surface area contributed by atoms with Gasteiger partial charge in [0.1, 0.15) is 12.4 Å². The van der Waals surface area contributed by atoms with Crippen molar-refractivity contribution in [3.63, 3.8) is 0 Å². The van der Waals surface area contributed by atoms with Crippen LogP contribution in [0.2, 0.25) is 0 Å². The number of aliphatic carboxylic acids is 1. The lowest BCUT2D eigenvalue weighted by atomic mass is 9.98. The number of hydrogen-bond donors (Lipinski definition) is 2. The summed E-state index contributed by atoms with van der Waals surface area (Å²) >= 11 is 0. The largest absolute Gasteiger partial charge is 0.497 e. The predicted molar refractivity (Wildman–Crippen MR) is 112 cm³/mol. The van der Waals surface area contributed by atoms with E-state index in [2.05, 4.69) is 17.4 Å². The molecule has 6 nitrogen and oxygen atoms in total. The van der Waals surface area contributed by atoms with E-state index >= 15 is 0 Å². The average Bonchev–Trinajstić information content (AvgIpc) is 3.10. The molecule has 0 saturated heterocycles. The smallest absolute Gasteiger partial charge is 0.408 e. The molecule has 0 bridgehead atoms. The summed E-state index contributed by atoms with van der Waals surface area (Å²) in [6, 6.07) is 21.3. The third kappa shape index (κ3) is 3.72. The van der Waals surface area contributed by atoms with Crippen molar-refractivity contribution in [1.29, 1.82) is 0 Å². The Morgan fingerprint density at radius 1 is 0.933 bits per heavy atom. The summed E-state index contributed by atoms with van der Waals surface area (Å²) in [5.41, 5.74) is 4.87. The second-order valence-electron chi connectivity index (χ2n) is 7.01. The third-order valence-electron chi connectivity index (χ3n) is 5.30. The van der Waals surface area contributed by atoms with Crippen molar-refractivity contribution in [2.75, 3.05) is 13.7 Å². The van der Waals surface area contributed by atoms with E-state index in [0.29, 0.717) is 11.3 Å². The summed E-state index contributed by atoms with van der Waals surface area (Å²) in [4.78, 5) is 24.1. The number of carbonyl (C=O) groups is 2. The fraction of sp³-hybridized carbons (Fsp3) is 0.167. The Hall–Kier alpha value is -3.80. The van der Waals surface area contributed by atoms with Gasteiger partial charge in [-0.2, -0.15) is 0 Å². The van der Waals surface area contributed by atoms with Crippen LogP contribution in [-0.2, 0) is 9.53 Å². The molecule has 1 atom stereocenters. The summed E-state index contributed by atoms with van der Waals surface area (Å²) in [5, 5.41) is 12.0. The van der Waals surface area contributed by atoms with Gasteiger partial charge in [0.15, 0.2) is 6.04 Å². The maximum absolute atomic E-state index is 12.4. The van der Waals surface area contributed by atoms with Gasteiger partial charge in [-0.1, -0.05) is 60.7 Å². The van der Waals surface area contributed by atoms with E-state index in [1.807, 2.05) is 36.4 Å². The molecule has 152 valence electrons. The molecule has 0 radical (unpaired) electrons. The molecule has 1 amide bonds. The Bertz CT molecular complexity index is 1030. The minimum absolute atomic E-state index is 0.0904. The number of fused-ring (bicyclic) bond motifs is 3. The first-order valence-corrected chi connectivity index (χ1v) is 9.56. The van der Waals surface area contributed by atoms with E-state index in [1.54, 1.807) is 24.3 Å². The number of carboxylic acids is 1. The van der Waals surface area contributed by atoms with Crippen molar-refractivity contribution in [3.05, 3.63) is 89.5 Å². The number of carboxylic acid groups (broad SMARTS) is 1. The number of alkyl carbamates (subject to hydrolysis) is 1. The van der Waals surface area contributed by atoms with Crippen LogP contribution >= 0.6 is 0 Å². The zero-order chi connectivity index (χ0) is 21.1. The van der Waals surface area contributed by atoms with Gasteiger partial charge in [0.25, 0.3) is 0 Å². The third-order valence-corrected chi connectivity index (χ3v) is 5.30. The molecule has 0 saturated carbocycles. The Kier molecular flexibility index (Phi) is 5.39. The SMILES string of the molecule is COc1ccc(C(NC(=O)OCC2c3ccccc3-c3ccccc32)C(=O)O)cc1. The monoisotopic (exact) mass is 403 g/mol. The van der Waals surface area contributed by atoms with E-state index < -0.39 is 18.1 Å². The summed E-state index contributed by atoms with van der Waals surface area (Å²) < 4.78 is 10.5. The van der Waals surface area contributed by atoms with Gasteiger partial charge in [0, 0.05) is 5.92 Å². The van der Waals surface area contributed by atoms with Gasteiger partial charge in [0.05, 0.1) is 7.11 Å². The van der Waals surface area contributed by atoms with Crippen LogP contribution in [0.15, 0.2) is 72.8 Å². The van der Waals surface area contributed by atoms with E-state index in [0.717, 1.165) is 22.3 Å². The standard InChI is InChI=1S/C24H21NO5/c1-29-16-12-10-15(11-13-16)22(23(26)27)25-24(28)30-14-21-19-8-4-2-6-17(19)18-7-3-5-9-20(18)21/h2-13,21-22H,14H2,1H3,(H,25,28)(H,26,27). The molecular formula is C24H21NO5. The highest BCUT2D eigenvalue weighted by molar-refractivity contribution is 5.82. The van der Waals surface area contributed by atoms with Gasteiger partial charge in [-0.25, -0.2) is 9.59 Å².